The number of quaternary nitrogens is 1. The molecule has 3 N–H and O–H groups in total. The Morgan fingerprint density at radius 1 is 1.12 bits per heavy atom. The molecule has 7 heteroatoms. The molecular formula is C18H28Cl2N3O2+. The van der Waals surface area contributed by atoms with Crippen molar-refractivity contribution in [1.82, 2.24) is 10.6 Å². The Hall–Kier alpha value is -1.30. The minimum atomic E-state index is -0.277. The maximum absolute atomic E-state index is 12.3. The minimum Gasteiger partial charge on any atom is -0.347 e. The number of hydrogen-bond donors (Lipinski definition) is 3. The molecule has 2 atom stereocenters. The van der Waals surface area contributed by atoms with Gasteiger partial charge in [0, 0.05) is 5.54 Å². The first-order chi connectivity index (χ1) is 11.5. The summed E-state index contributed by atoms with van der Waals surface area (Å²) in [5.41, 5.74) is 0.604. The van der Waals surface area contributed by atoms with E-state index in [1.807, 2.05) is 40.7 Å². The molecule has 0 radical (unpaired) electrons. The van der Waals surface area contributed by atoms with Crippen molar-refractivity contribution in [3.05, 3.63) is 33.8 Å². The first-order valence-corrected chi connectivity index (χ1v) is 9.16. The SMILES string of the molecule is CC[NH+](CC(=O)N[C@H](C)c1ccc(Cl)c(Cl)c1)CC(=O)NC(C)(C)C. The molecule has 0 spiro atoms. The fraction of sp³-hybridized carbons (Fsp3) is 0.556. The van der Waals surface area contributed by atoms with Gasteiger partial charge in [0.05, 0.1) is 22.6 Å². The minimum absolute atomic E-state index is 0.0605. The zero-order valence-electron chi connectivity index (χ0n) is 15.5. The van der Waals surface area contributed by atoms with Crippen LogP contribution in [0.1, 0.15) is 46.2 Å². The highest BCUT2D eigenvalue weighted by Gasteiger charge is 2.21. The second-order valence-electron chi connectivity index (χ2n) is 7.22. The molecule has 1 rings (SSSR count). The molecule has 0 aliphatic rings. The van der Waals surface area contributed by atoms with Crippen LogP contribution >= 0.6 is 23.2 Å². The van der Waals surface area contributed by atoms with E-state index in [4.69, 9.17) is 23.2 Å². The number of rotatable bonds is 7. The van der Waals surface area contributed by atoms with Gasteiger partial charge in [-0.05, 0) is 52.3 Å². The van der Waals surface area contributed by atoms with Gasteiger partial charge in [0.15, 0.2) is 13.1 Å². The van der Waals surface area contributed by atoms with Gasteiger partial charge in [0.25, 0.3) is 11.8 Å². The number of halogens is 2. The topological polar surface area (TPSA) is 62.6 Å². The lowest BCUT2D eigenvalue weighted by atomic mass is 10.1. The quantitative estimate of drug-likeness (QED) is 0.668. The summed E-state index contributed by atoms with van der Waals surface area (Å²) in [6.45, 7) is 10.8. The first-order valence-electron chi connectivity index (χ1n) is 8.40. The summed E-state index contributed by atoms with van der Waals surface area (Å²) in [6.07, 6.45) is 0. The third kappa shape index (κ3) is 8.08. The van der Waals surface area contributed by atoms with Crippen molar-refractivity contribution in [2.45, 2.75) is 46.2 Å². The van der Waals surface area contributed by atoms with Crippen molar-refractivity contribution >= 4 is 35.0 Å². The Balaban J connectivity index is 2.57. The number of benzene rings is 1. The van der Waals surface area contributed by atoms with Gasteiger partial charge in [0.2, 0.25) is 0 Å². The summed E-state index contributed by atoms with van der Waals surface area (Å²) in [5, 5.41) is 6.79. The normalized spacial score (nSPS) is 13.9. The summed E-state index contributed by atoms with van der Waals surface area (Å²) >= 11 is 11.9. The van der Waals surface area contributed by atoms with Crippen LogP contribution in [0, 0.1) is 0 Å². The third-order valence-electron chi connectivity index (χ3n) is 3.66. The lowest BCUT2D eigenvalue weighted by Crippen LogP contribution is -3.14. The van der Waals surface area contributed by atoms with E-state index >= 15 is 0 Å². The maximum Gasteiger partial charge on any atom is 0.275 e. The molecule has 5 nitrogen and oxygen atoms in total. The van der Waals surface area contributed by atoms with Gasteiger partial charge >= 0.3 is 0 Å². The Morgan fingerprint density at radius 2 is 1.72 bits per heavy atom. The van der Waals surface area contributed by atoms with E-state index < -0.39 is 0 Å². The highest BCUT2D eigenvalue weighted by molar-refractivity contribution is 6.42. The molecular weight excluding hydrogens is 361 g/mol. The summed E-state index contributed by atoms with van der Waals surface area (Å²) in [6, 6.07) is 5.10. The molecule has 1 aromatic rings. The average Bonchev–Trinajstić information content (AvgIpc) is 2.47. The highest BCUT2D eigenvalue weighted by atomic mass is 35.5. The van der Waals surface area contributed by atoms with Gasteiger partial charge in [0.1, 0.15) is 0 Å². The van der Waals surface area contributed by atoms with Crippen molar-refractivity contribution in [3.8, 4) is 0 Å². The molecule has 0 fully saturated rings. The van der Waals surface area contributed by atoms with Crippen molar-refractivity contribution < 1.29 is 14.5 Å². The lowest BCUT2D eigenvalue weighted by molar-refractivity contribution is -0.881. The second-order valence-corrected chi connectivity index (χ2v) is 8.03. The van der Waals surface area contributed by atoms with Crippen LogP contribution in [-0.4, -0.2) is 37.0 Å². The lowest BCUT2D eigenvalue weighted by Gasteiger charge is -2.23. The standard InChI is InChI=1S/C18H27Cl2N3O2/c1-6-23(11-17(25)22-18(3,4)5)10-16(24)21-12(2)13-7-8-14(19)15(20)9-13/h7-9,12H,6,10-11H2,1-5H3,(H,21,24)(H,22,25)/p+1/t12-/m1/s1. The molecule has 0 aliphatic carbocycles. The number of carbonyl (C=O) groups excluding carboxylic acids is 2. The van der Waals surface area contributed by atoms with Gasteiger partial charge < -0.3 is 15.5 Å². The van der Waals surface area contributed by atoms with Gasteiger partial charge in [-0.3, -0.25) is 9.59 Å². The van der Waals surface area contributed by atoms with Crippen LogP contribution in [0.4, 0.5) is 0 Å². The zero-order valence-corrected chi connectivity index (χ0v) is 17.0. The molecule has 1 aromatic carbocycles. The molecule has 2 amide bonds. The predicted octanol–water partition coefficient (Wildman–Crippen LogP) is 1.99. The third-order valence-corrected chi connectivity index (χ3v) is 4.40. The second kappa shape index (κ2) is 9.41. The van der Waals surface area contributed by atoms with Gasteiger partial charge in [-0.15, -0.1) is 0 Å². The van der Waals surface area contributed by atoms with Crippen LogP contribution in [0.5, 0.6) is 0 Å². The molecule has 25 heavy (non-hydrogen) atoms. The molecule has 0 aliphatic heterocycles. The molecule has 0 heterocycles. The molecule has 0 bridgehead atoms. The molecule has 0 aromatic heterocycles. The van der Waals surface area contributed by atoms with Crippen LogP contribution in [-0.2, 0) is 9.59 Å². The Morgan fingerprint density at radius 3 is 2.24 bits per heavy atom. The molecule has 0 saturated heterocycles. The van der Waals surface area contributed by atoms with Crippen LogP contribution in [0.3, 0.4) is 0 Å². The van der Waals surface area contributed by atoms with Crippen LogP contribution in [0.15, 0.2) is 18.2 Å². The van der Waals surface area contributed by atoms with Gasteiger partial charge in [-0.2, -0.15) is 0 Å². The fourth-order valence-corrected chi connectivity index (χ4v) is 2.69. The van der Waals surface area contributed by atoms with E-state index in [1.165, 1.54) is 0 Å². The molecule has 140 valence electrons. The van der Waals surface area contributed by atoms with E-state index in [0.29, 0.717) is 16.6 Å². The van der Waals surface area contributed by atoms with Crippen LogP contribution in [0.25, 0.3) is 0 Å². The Labute approximate surface area is 160 Å². The van der Waals surface area contributed by atoms with Crippen LogP contribution in [0.2, 0.25) is 10.0 Å². The van der Waals surface area contributed by atoms with E-state index in [2.05, 4.69) is 10.6 Å². The van der Waals surface area contributed by atoms with Crippen molar-refractivity contribution in [2.24, 2.45) is 0 Å². The van der Waals surface area contributed by atoms with E-state index in [9.17, 15) is 9.59 Å². The van der Waals surface area contributed by atoms with Gasteiger partial charge in [-0.1, -0.05) is 29.3 Å². The number of likely N-dealkylation sites (N-methyl/N-ethyl adjacent to an activating group) is 1. The molecule has 1 unspecified atom stereocenters. The number of hydrogen-bond acceptors (Lipinski definition) is 2. The molecule has 0 saturated carbocycles. The summed E-state index contributed by atoms with van der Waals surface area (Å²) in [5.74, 6) is -0.173. The van der Waals surface area contributed by atoms with Crippen LogP contribution < -0.4 is 15.5 Å². The highest BCUT2D eigenvalue weighted by Crippen LogP contribution is 2.25. The van der Waals surface area contributed by atoms with E-state index in [0.717, 1.165) is 10.5 Å². The monoisotopic (exact) mass is 388 g/mol. The van der Waals surface area contributed by atoms with Crippen molar-refractivity contribution in [3.63, 3.8) is 0 Å². The predicted molar refractivity (Wildman–Crippen MR) is 102 cm³/mol. The average molecular weight is 389 g/mol. The zero-order chi connectivity index (χ0) is 19.2. The Kier molecular flexibility index (Phi) is 8.19. The van der Waals surface area contributed by atoms with Crippen molar-refractivity contribution in [2.75, 3.05) is 19.6 Å². The van der Waals surface area contributed by atoms with E-state index in [-0.39, 0.29) is 36.5 Å². The Bertz CT molecular complexity index is 615. The summed E-state index contributed by atoms with van der Waals surface area (Å²) in [4.78, 5) is 25.2. The van der Waals surface area contributed by atoms with Gasteiger partial charge in [-0.25, -0.2) is 0 Å². The van der Waals surface area contributed by atoms with E-state index in [1.54, 1.807) is 12.1 Å². The number of carbonyl (C=O) groups is 2. The maximum atomic E-state index is 12.3. The number of nitrogens with one attached hydrogen (secondary N) is 3. The van der Waals surface area contributed by atoms with Crippen molar-refractivity contribution in [1.29, 1.82) is 0 Å². The summed E-state index contributed by atoms with van der Waals surface area (Å²) in [7, 11) is 0. The largest absolute Gasteiger partial charge is 0.347 e. The number of amides is 2. The summed E-state index contributed by atoms with van der Waals surface area (Å²) < 4.78 is 0. The smallest absolute Gasteiger partial charge is 0.275 e. The fourth-order valence-electron chi connectivity index (χ4n) is 2.39. The first kappa shape index (κ1) is 21.7.